The van der Waals surface area contributed by atoms with Crippen LogP contribution in [-0.2, 0) is 11.2 Å². The third-order valence-corrected chi connectivity index (χ3v) is 3.83. The zero-order chi connectivity index (χ0) is 12.5. The van der Waals surface area contributed by atoms with Gasteiger partial charge in [-0.05, 0) is 35.6 Å². The predicted molar refractivity (Wildman–Crippen MR) is 76.0 cm³/mol. The summed E-state index contributed by atoms with van der Waals surface area (Å²) in [5, 5.41) is 1.44. The first-order valence-corrected chi connectivity index (χ1v) is 6.76. The fraction of sp³-hybridized carbons (Fsp3) is 0.357. The minimum Gasteiger partial charge on any atom is -0.361 e. The van der Waals surface area contributed by atoms with Crippen LogP contribution in [0.25, 0.3) is 10.9 Å². The average Bonchev–Trinajstić information content (AvgIpc) is 2.92. The zero-order valence-electron chi connectivity index (χ0n) is 10.1. The van der Waals surface area contributed by atoms with Gasteiger partial charge in [0, 0.05) is 36.5 Å². The van der Waals surface area contributed by atoms with Gasteiger partial charge in [-0.3, -0.25) is 4.79 Å². The van der Waals surface area contributed by atoms with Gasteiger partial charge >= 0.3 is 0 Å². The summed E-state index contributed by atoms with van der Waals surface area (Å²) in [6, 6.07) is 8.48. The van der Waals surface area contributed by atoms with Crippen LogP contribution in [0.2, 0.25) is 0 Å². The molecule has 1 aromatic carbocycles. The number of thiol groups is 1. The molecular formula is C14H16N2OS. The summed E-state index contributed by atoms with van der Waals surface area (Å²) in [5.41, 5.74) is 2.43. The molecule has 1 fully saturated rings. The van der Waals surface area contributed by atoms with E-state index in [-0.39, 0.29) is 11.2 Å². The van der Waals surface area contributed by atoms with Gasteiger partial charge in [-0.25, -0.2) is 0 Å². The van der Waals surface area contributed by atoms with Gasteiger partial charge in [-0.1, -0.05) is 6.07 Å². The number of aromatic nitrogens is 1. The van der Waals surface area contributed by atoms with Crippen molar-refractivity contribution in [3.05, 3.63) is 36.0 Å². The maximum absolute atomic E-state index is 11.6. The van der Waals surface area contributed by atoms with Crippen molar-refractivity contribution >= 4 is 29.4 Å². The first-order valence-electron chi connectivity index (χ1n) is 6.24. The number of benzene rings is 1. The molecule has 1 aromatic heterocycles. The van der Waals surface area contributed by atoms with Gasteiger partial charge in [0.25, 0.3) is 0 Å². The smallest absolute Gasteiger partial charge is 0.223 e. The topological polar surface area (TPSA) is 36.1 Å². The SMILES string of the molecule is O=C1CC(S)CN1CCc1ccc2[nH]ccc2c1. The molecule has 1 unspecified atom stereocenters. The Morgan fingerprint density at radius 3 is 3.06 bits per heavy atom. The normalized spacial score (nSPS) is 19.9. The molecule has 1 N–H and O–H groups in total. The van der Waals surface area contributed by atoms with E-state index in [0.29, 0.717) is 6.42 Å². The van der Waals surface area contributed by atoms with Crippen molar-refractivity contribution in [1.29, 1.82) is 0 Å². The van der Waals surface area contributed by atoms with Crippen LogP contribution in [-0.4, -0.2) is 34.1 Å². The van der Waals surface area contributed by atoms with Gasteiger partial charge in [0.2, 0.25) is 5.91 Å². The number of nitrogens with one attached hydrogen (secondary N) is 1. The van der Waals surface area contributed by atoms with E-state index in [0.717, 1.165) is 25.0 Å². The van der Waals surface area contributed by atoms with Crippen molar-refractivity contribution in [2.45, 2.75) is 18.1 Å². The Bertz CT molecular complexity index is 578. The quantitative estimate of drug-likeness (QED) is 0.816. The molecule has 1 saturated heterocycles. The average molecular weight is 260 g/mol. The van der Waals surface area contributed by atoms with Gasteiger partial charge in [-0.2, -0.15) is 12.6 Å². The summed E-state index contributed by atoms with van der Waals surface area (Å²) in [7, 11) is 0. The maximum Gasteiger partial charge on any atom is 0.223 e. The van der Waals surface area contributed by atoms with Crippen LogP contribution in [0.5, 0.6) is 0 Å². The minimum absolute atomic E-state index is 0.213. The fourth-order valence-corrected chi connectivity index (χ4v) is 2.84. The van der Waals surface area contributed by atoms with Gasteiger partial charge in [0.05, 0.1) is 0 Å². The maximum atomic E-state index is 11.6. The molecule has 94 valence electrons. The number of nitrogens with zero attached hydrogens (tertiary/aromatic N) is 1. The Kier molecular flexibility index (Phi) is 3.04. The predicted octanol–water partition coefficient (Wildman–Crippen LogP) is 2.24. The lowest BCUT2D eigenvalue weighted by Crippen LogP contribution is -2.27. The summed E-state index contributed by atoms with van der Waals surface area (Å²) in [6.07, 6.45) is 3.44. The summed E-state index contributed by atoms with van der Waals surface area (Å²) in [4.78, 5) is 16.7. The van der Waals surface area contributed by atoms with Gasteiger partial charge in [0.1, 0.15) is 0 Å². The lowest BCUT2D eigenvalue weighted by Gasteiger charge is -2.15. The van der Waals surface area contributed by atoms with Crippen molar-refractivity contribution in [1.82, 2.24) is 9.88 Å². The first kappa shape index (κ1) is 11.7. The molecule has 18 heavy (non-hydrogen) atoms. The summed E-state index contributed by atoms with van der Waals surface area (Å²) in [6.45, 7) is 1.58. The first-order chi connectivity index (χ1) is 8.72. The van der Waals surface area contributed by atoms with Crippen LogP contribution < -0.4 is 0 Å². The van der Waals surface area contributed by atoms with Crippen molar-refractivity contribution in [2.75, 3.05) is 13.1 Å². The standard InChI is InChI=1S/C14H16N2OS/c17-14-8-12(18)9-16(14)6-4-10-1-2-13-11(7-10)3-5-15-13/h1-3,5,7,12,15,18H,4,6,8-9H2. The molecular weight excluding hydrogens is 244 g/mol. The van der Waals surface area contributed by atoms with E-state index in [9.17, 15) is 4.79 Å². The second-order valence-corrected chi connectivity index (χ2v) is 5.58. The fourth-order valence-electron chi connectivity index (χ4n) is 2.49. The molecule has 1 aliphatic heterocycles. The van der Waals surface area contributed by atoms with E-state index < -0.39 is 0 Å². The number of hydrogen-bond acceptors (Lipinski definition) is 2. The number of hydrogen-bond donors (Lipinski definition) is 2. The van der Waals surface area contributed by atoms with E-state index in [4.69, 9.17) is 0 Å². The van der Waals surface area contributed by atoms with Crippen LogP contribution in [0, 0.1) is 0 Å². The second kappa shape index (κ2) is 4.69. The molecule has 1 amide bonds. The Balaban J connectivity index is 1.67. The van der Waals surface area contributed by atoms with Crippen molar-refractivity contribution in [2.24, 2.45) is 0 Å². The number of fused-ring (bicyclic) bond motifs is 1. The van der Waals surface area contributed by atoms with Crippen LogP contribution in [0.15, 0.2) is 30.5 Å². The van der Waals surface area contributed by atoms with Gasteiger partial charge < -0.3 is 9.88 Å². The molecule has 1 aliphatic rings. The molecule has 3 rings (SSSR count). The van der Waals surface area contributed by atoms with Crippen LogP contribution in [0.3, 0.4) is 0 Å². The van der Waals surface area contributed by atoms with Crippen molar-refractivity contribution in [3.8, 4) is 0 Å². The van der Waals surface area contributed by atoms with E-state index in [1.807, 2.05) is 11.1 Å². The summed E-state index contributed by atoms with van der Waals surface area (Å²) >= 11 is 4.36. The number of likely N-dealkylation sites (tertiary alicyclic amines) is 1. The molecule has 0 aliphatic carbocycles. The Hall–Kier alpha value is -1.42. The molecule has 0 saturated carbocycles. The second-order valence-electron chi connectivity index (χ2n) is 4.85. The lowest BCUT2D eigenvalue weighted by molar-refractivity contribution is -0.127. The van der Waals surface area contributed by atoms with E-state index in [2.05, 4.69) is 41.9 Å². The number of H-pyrrole nitrogens is 1. The Morgan fingerprint density at radius 2 is 2.28 bits per heavy atom. The Morgan fingerprint density at radius 1 is 1.39 bits per heavy atom. The molecule has 0 spiro atoms. The van der Waals surface area contributed by atoms with Crippen LogP contribution >= 0.6 is 12.6 Å². The summed E-state index contributed by atoms with van der Waals surface area (Å²) < 4.78 is 0. The molecule has 0 radical (unpaired) electrons. The highest BCUT2D eigenvalue weighted by molar-refractivity contribution is 7.81. The van der Waals surface area contributed by atoms with E-state index in [1.54, 1.807) is 0 Å². The third kappa shape index (κ3) is 2.25. The third-order valence-electron chi connectivity index (χ3n) is 3.48. The molecule has 3 nitrogen and oxygen atoms in total. The zero-order valence-corrected chi connectivity index (χ0v) is 11.0. The van der Waals surface area contributed by atoms with Crippen LogP contribution in [0.1, 0.15) is 12.0 Å². The number of carbonyl (C=O) groups is 1. The Labute approximate surface area is 112 Å². The van der Waals surface area contributed by atoms with E-state index >= 15 is 0 Å². The molecule has 1 atom stereocenters. The highest BCUT2D eigenvalue weighted by Crippen LogP contribution is 2.18. The molecule has 4 heteroatoms. The number of aromatic amines is 1. The number of carbonyl (C=O) groups excluding carboxylic acids is 1. The largest absolute Gasteiger partial charge is 0.361 e. The van der Waals surface area contributed by atoms with Crippen LogP contribution in [0.4, 0.5) is 0 Å². The van der Waals surface area contributed by atoms with Crippen molar-refractivity contribution in [3.63, 3.8) is 0 Å². The highest BCUT2D eigenvalue weighted by Gasteiger charge is 2.26. The van der Waals surface area contributed by atoms with Gasteiger partial charge in [0.15, 0.2) is 0 Å². The molecule has 2 aromatic rings. The summed E-state index contributed by atoms with van der Waals surface area (Å²) in [5.74, 6) is 0.234. The van der Waals surface area contributed by atoms with Gasteiger partial charge in [-0.15, -0.1) is 0 Å². The molecule has 0 bridgehead atoms. The molecule has 2 heterocycles. The van der Waals surface area contributed by atoms with Crippen molar-refractivity contribution < 1.29 is 4.79 Å². The number of amides is 1. The monoisotopic (exact) mass is 260 g/mol. The minimum atomic E-state index is 0.213. The highest BCUT2D eigenvalue weighted by atomic mass is 32.1. The number of rotatable bonds is 3. The lowest BCUT2D eigenvalue weighted by atomic mass is 10.1. The van der Waals surface area contributed by atoms with E-state index in [1.165, 1.54) is 10.9 Å².